The summed E-state index contributed by atoms with van der Waals surface area (Å²) < 4.78 is 38.4. The van der Waals surface area contributed by atoms with E-state index in [1.807, 2.05) is 43.0 Å². The predicted molar refractivity (Wildman–Crippen MR) is 130 cm³/mol. The fourth-order valence-corrected chi connectivity index (χ4v) is 5.32. The van der Waals surface area contributed by atoms with Gasteiger partial charge in [-0.25, -0.2) is 8.42 Å². The fourth-order valence-electron chi connectivity index (χ4n) is 4.00. The molecule has 0 saturated carbocycles. The van der Waals surface area contributed by atoms with Crippen LogP contribution >= 0.6 is 0 Å². The van der Waals surface area contributed by atoms with E-state index in [0.717, 1.165) is 11.1 Å². The number of benzene rings is 2. The lowest BCUT2D eigenvalue weighted by Crippen LogP contribution is -2.49. The van der Waals surface area contributed by atoms with E-state index in [0.29, 0.717) is 37.5 Å². The number of carbonyl (C=O) groups excluding carboxylic acids is 1. The van der Waals surface area contributed by atoms with Gasteiger partial charge in [0.2, 0.25) is 20.7 Å². The molecule has 1 saturated heterocycles. The number of rotatable bonds is 5. The number of hydrogen-bond acceptors (Lipinski definition) is 7. The van der Waals surface area contributed by atoms with Gasteiger partial charge in [0.25, 0.3) is 11.8 Å². The van der Waals surface area contributed by atoms with Crippen LogP contribution in [-0.4, -0.2) is 50.4 Å². The number of anilines is 1. The second-order valence-electron chi connectivity index (χ2n) is 8.57. The predicted octanol–water partition coefficient (Wildman–Crippen LogP) is 4.35. The second kappa shape index (κ2) is 9.07. The number of furan rings is 1. The Balaban J connectivity index is 1.44. The lowest BCUT2D eigenvalue weighted by atomic mass is 10.1. The van der Waals surface area contributed by atoms with Gasteiger partial charge in [0.05, 0.1) is 11.2 Å². The van der Waals surface area contributed by atoms with E-state index < -0.39 is 9.84 Å². The molecule has 1 aliphatic rings. The van der Waals surface area contributed by atoms with Crippen LogP contribution in [0.1, 0.15) is 21.5 Å². The fraction of sp³-hybridized carbons (Fsp3) is 0.231. The number of sulfone groups is 1. The van der Waals surface area contributed by atoms with Crippen LogP contribution < -0.4 is 4.90 Å². The van der Waals surface area contributed by atoms with Gasteiger partial charge in [0.15, 0.2) is 5.76 Å². The number of aryl methyl sites for hydroxylation is 2. The van der Waals surface area contributed by atoms with Crippen molar-refractivity contribution in [3.05, 3.63) is 83.6 Å². The highest BCUT2D eigenvalue weighted by Gasteiger charge is 2.34. The van der Waals surface area contributed by atoms with Gasteiger partial charge in [-0.15, -0.1) is 0 Å². The van der Waals surface area contributed by atoms with Crippen molar-refractivity contribution in [2.24, 2.45) is 0 Å². The van der Waals surface area contributed by atoms with E-state index in [2.05, 4.69) is 4.98 Å². The van der Waals surface area contributed by atoms with Crippen molar-refractivity contribution in [1.82, 2.24) is 9.88 Å². The molecule has 9 heteroatoms. The first-order valence-electron chi connectivity index (χ1n) is 11.3. The molecule has 0 spiro atoms. The van der Waals surface area contributed by atoms with Gasteiger partial charge in [-0.1, -0.05) is 35.4 Å². The van der Waals surface area contributed by atoms with Gasteiger partial charge < -0.3 is 18.6 Å². The second-order valence-corrected chi connectivity index (χ2v) is 10.4. The van der Waals surface area contributed by atoms with Crippen molar-refractivity contribution >= 4 is 21.6 Å². The molecule has 0 unspecified atom stereocenters. The highest BCUT2D eigenvalue weighted by Crippen LogP contribution is 2.35. The molecule has 2 aromatic carbocycles. The third-order valence-electron chi connectivity index (χ3n) is 6.05. The van der Waals surface area contributed by atoms with Crippen molar-refractivity contribution in [3.63, 3.8) is 0 Å². The van der Waals surface area contributed by atoms with Gasteiger partial charge in [0, 0.05) is 31.7 Å². The van der Waals surface area contributed by atoms with Crippen LogP contribution in [0.3, 0.4) is 0 Å². The summed E-state index contributed by atoms with van der Waals surface area (Å²) in [7, 11) is -3.95. The smallest absolute Gasteiger partial charge is 0.266 e. The van der Waals surface area contributed by atoms with Crippen molar-refractivity contribution in [2.75, 3.05) is 31.1 Å². The maximum absolute atomic E-state index is 13.5. The summed E-state index contributed by atoms with van der Waals surface area (Å²) >= 11 is 0. The summed E-state index contributed by atoms with van der Waals surface area (Å²) in [6.45, 7) is 5.52. The zero-order chi connectivity index (χ0) is 24.6. The molecule has 0 bridgehead atoms. The highest BCUT2D eigenvalue weighted by molar-refractivity contribution is 7.91. The van der Waals surface area contributed by atoms with Gasteiger partial charge in [-0.05, 0) is 50.2 Å². The van der Waals surface area contributed by atoms with Crippen LogP contribution in [0.4, 0.5) is 5.88 Å². The zero-order valence-corrected chi connectivity index (χ0v) is 20.3. The Morgan fingerprint density at radius 3 is 2.11 bits per heavy atom. The van der Waals surface area contributed by atoms with Crippen LogP contribution in [0.5, 0.6) is 0 Å². The topological polar surface area (TPSA) is 96.9 Å². The largest absolute Gasteiger partial charge is 0.459 e. The summed E-state index contributed by atoms with van der Waals surface area (Å²) in [5, 5.41) is -0.161. The Morgan fingerprint density at radius 1 is 0.886 bits per heavy atom. The van der Waals surface area contributed by atoms with Crippen LogP contribution in [0, 0.1) is 13.8 Å². The molecule has 0 aliphatic carbocycles. The average Bonchev–Trinajstić information content (AvgIpc) is 3.55. The maximum atomic E-state index is 13.5. The van der Waals surface area contributed by atoms with Crippen molar-refractivity contribution < 1.29 is 22.0 Å². The van der Waals surface area contributed by atoms with Crippen LogP contribution in [0.25, 0.3) is 11.7 Å². The standard InChI is InChI=1S/C26H25N3O5S/c1-18-5-9-20(10-6-18)25(30)28-13-15-29(16-14-28)26-24(27-23(34-26)22-4-3-17-33-22)35(31,32)21-11-7-19(2)8-12-21/h3-12,17H,13-16H2,1-2H3. The normalized spacial score (nSPS) is 14.3. The molecule has 2 aromatic heterocycles. The van der Waals surface area contributed by atoms with E-state index in [1.165, 1.54) is 6.26 Å². The van der Waals surface area contributed by atoms with Crippen LogP contribution in [0.2, 0.25) is 0 Å². The maximum Gasteiger partial charge on any atom is 0.266 e. The lowest BCUT2D eigenvalue weighted by molar-refractivity contribution is 0.0745. The average molecular weight is 492 g/mol. The number of amides is 1. The molecular formula is C26H25N3O5S. The van der Waals surface area contributed by atoms with E-state index >= 15 is 0 Å². The molecule has 3 heterocycles. The first-order valence-corrected chi connectivity index (χ1v) is 12.8. The molecule has 0 atom stereocenters. The summed E-state index contributed by atoms with van der Waals surface area (Å²) in [5.41, 5.74) is 2.67. The first-order chi connectivity index (χ1) is 16.8. The molecule has 5 rings (SSSR count). The number of aromatic nitrogens is 1. The third-order valence-corrected chi connectivity index (χ3v) is 7.72. The van der Waals surface area contributed by atoms with Crippen LogP contribution in [0.15, 0.2) is 85.7 Å². The summed E-state index contributed by atoms with van der Waals surface area (Å²) in [4.78, 5) is 21.0. The molecule has 1 aliphatic heterocycles. The summed E-state index contributed by atoms with van der Waals surface area (Å²) in [5.74, 6) is 0.532. The molecule has 4 aromatic rings. The van der Waals surface area contributed by atoms with E-state index in [4.69, 9.17) is 8.83 Å². The van der Waals surface area contributed by atoms with Crippen molar-refractivity contribution in [1.29, 1.82) is 0 Å². The SMILES string of the molecule is Cc1ccc(C(=O)N2CCN(c3oc(-c4ccco4)nc3S(=O)(=O)c3ccc(C)cc3)CC2)cc1. The van der Waals surface area contributed by atoms with Gasteiger partial charge in [-0.2, -0.15) is 4.98 Å². The molecule has 1 amide bonds. The third kappa shape index (κ3) is 4.46. The lowest BCUT2D eigenvalue weighted by Gasteiger charge is -2.34. The summed E-state index contributed by atoms with van der Waals surface area (Å²) in [6.07, 6.45) is 1.48. The molecule has 180 valence electrons. The van der Waals surface area contributed by atoms with E-state index in [-0.39, 0.29) is 27.6 Å². The number of hydrogen-bond donors (Lipinski definition) is 0. The Bertz CT molecular complexity index is 1430. The van der Waals surface area contributed by atoms with E-state index in [9.17, 15) is 13.2 Å². The molecule has 0 N–H and O–H groups in total. The minimum Gasteiger partial charge on any atom is -0.459 e. The summed E-state index contributed by atoms with van der Waals surface area (Å²) in [6, 6.07) is 17.4. The van der Waals surface area contributed by atoms with Crippen LogP contribution in [-0.2, 0) is 9.84 Å². The van der Waals surface area contributed by atoms with Gasteiger partial charge in [-0.3, -0.25) is 4.79 Å². The van der Waals surface area contributed by atoms with Crippen molar-refractivity contribution in [2.45, 2.75) is 23.8 Å². The van der Waals surface area contributed by atoms with E-state index in [1.54, 1.807) is 41.3 Å². The minimum absolute atomic E-state index is 0.0500. The molecule has 1 fully saturated rings. The van der Waals surface area contributed by atoms with Gasteiger partial charge >= 0.3 is 0 Å². The number of piperazine rings is 1. The Morgan fingerprint density at radius 2 is 1.51 bits per heavy atom. The quantitative estimate of drug-likeness (QED) is 0.409. The van der Waals surface area contributed by atoms with Crippen molar-refractivity contribution in [3.8, 4) is 11.7 Å². The first kappa shape index (κ1) is 22.9. The number of carbonyl (C=O) groups is 1. The zero-order valence-electron chi connectivity index (χ0n) is 19.5. The molecule has 35 heavy (non-hydrogen) atoms. The Hall–Kier alpha value is -3.85. The number of nitrogens with zero attached hydrogens (tertiary/aromatic N) is 3. The number of oxazole rings is 1. The molecular weight excluding hydrogens is 466 g/mol. The van der Waals surface area contributed by atoms with Gasteiger partial charge in [0.1, 0.15) is 0 Å². The molecule has 0 radical (unpaired) electrons. The minimum atomic E-state index is -3.95. The Kier molecular flexibility index (Phi) is 5.94. The monoisotopic (exact) mass is 491 g/mol. The highest BCUT2D eigenvalue weighted by atomic mass is 32.2. The Labute approximate surface area is 203 Å². The molecule has 8 nitrogen and oxygen atoms in total.